The predicted molar refractivity (Wildman–Crippen MR) is 69.9 cm³/mol. The van der Waals surface area contributed by atoms with Crippen LogP contribution >= 0.6 is 0 Å². The molecule has 2 aromatic rings. The van der Waals surface area contributed by atoms with Crippen LogP contribution in [0.25, 0.3) is 11.5 Å². The summed E-state index contributed by atoms with van der Waals surface area (Å²) in [5, 5.41) is 3.33. The lowest BCUT2D eigenvalue weighted by molar-refractivity contribution is 0.755. The zero-order chi connectivity index (χ0) is 12.5. The van der Waals surface area contributed by atoms with E-state index in [1.807, 2.05) is 25.1 Å². The molecule has 4 heteroatoms. The topological polar surface area (TPSA) is 50.7 Å². The molecule has 1 aliphatic heterocycles. The smallest absolute Gasteiger partial charge is 0.178 e. The molecule has 3 rings (SSSR count). The molecule has 0 radical (unpaired) electrons. The van der Waals surface area contributed by atoms with E-state index < -0.39 is 0 Å². The van der Waals surface area contributed by atoms with Gasteiger partial charge in [-0.2, -0.15) is 0 Å². The van der Waals surface area contributed by atoms with Crippen LogP contribution in [-0.2, 0) is 19.5 Å². The Bertz CT molecular complexity index is 592. The fourth-order valence-electron chi connectivity index (χ4n) is 2.31. The van der Waals surface area contributed by atoms with Crippen molar-refractivity contribution in [1.29, 1.82) is 0 Å². The number of nitrogens with one attached hydrogen (secondary N) is 1. The highest BCUT2D eigenvalue weighted by Gasteiger charge is 2.18. The minimum absolute atomic E-state index is 0.748. The van der Waals surface area contributed by atoms with Crippen LogP contribution in [0.15, 0.2) is 18.2 Å². The zero-order valence-electron chi connectivity index (χ0n) is 10.7. The minimum atomic E-state index is 0.748. The molecule has 18 heavy (non-hydrogen) atoms. The van der Waals surface area contributed by atoms with Crippen molar-refractivity contribution in [3.05, 3.63) is 40.8 Å². The lowest BCUT2D eigenvalue weighted by Gasteiger charge is -2.07. The first-order chi connectivity index (χ1) is 8.78. The molecule has 0 saturated heterocycles. The monoisotopic (exact) mass is 240 g/mol. The number of nitrogens with zero attached hydrogens (tertiary/aromatic N) is 3. The van der Waals surface area contributed by atoms with Crippen molar-refractivity contribution in [2.45, 2.75) is 33.4 Å². The summed E-state index contributed by atoms with van der Waals surface area (Å²) in [6, 6.07) is 5.95. The summed E-state index contributed by atoms with van der Waals surface area (Å²) < 4.78 is 0. The first-order valence-electron chi connectivity index (χ1n) is 6.31. The minimum Gasteiger partial charge on any atom is -0.307 e. The van der Waals surface area contributed by atoms with Crippen LogP contribution in [0, 0.1) is 6.92 Å². The Morgan fingerprint density at radius 2 is 2.06 bits per heavy atom. The fraction of sp³-hybridized carbons (Fsp3) is 0.357. The van der Waals surface area contributed by atoms with E-state index in [1.54, 1.807) is 0 Å². The average Bonchev–Trinajstić information content (AvgIpc) is 2.85. The summed E-state index contributed by atoms with van der Waals surface area (Å²) in [4.78, 5) is 13.8. The van der Waals surface area contributed by atoms with Crippen LogP contribution in [0.1, 0.15) is 29.6 Å². The maximum absolute atomic E-state index is 4.66. The normalized spacial score (nSPS) is 13.7. The number of aromatic nitrogens is 3. The zero-order valence-corrected chi connectivity index (χ0v) is 10.7. The molecular formula is C14H16N4. The molecule has 92 valence electrons. The Kier molecular flexibility index (Phi) is 2.80. The molecule has 0 unspecified atom stereocenters. The van der Waals surface area contributed by atoms with Gasteiger partial charge in [0.05, 0.1) is 5.69 Å². The van der Waals surface area contributed by atoms with Gasteiger partial charge in [-0.15, -0.1) is 0 Å². The van der Waals surface area contributed by atoms with Crippen LogP contribution in [0.2, 0.25) is 0 Å². The van der Waals surface area contributed by atoms with Crippen molar-refractivity contribution in [2.24, 2.45) is 0 Å². The summed E-state index contributed by atoms with van der Waals surface area (Å²) in [6.45, 7) is 5.84. The average molecular weight is 240 g/mol. The highest BCUT2D eigenvalue weighted by molar-refractivity contribution is 5.51. The van der Waals surface area contributed by atoms with Gasteiger partial charge in [0.15, 0.2) is 5.82 Å². The number of pyridine rings is 1. The highest BCUT2D eigenvalue weighted by Crippen LogP contribution is 2.21. The Morgan fingerprint density at radius 3 is 2.83 bits per heavy atom. The lowest BCUT2D eigenvalue weighted by atomic mass is 10.1. The molecule has 4 nitrogen and oxygen atoms in total. The van der Waals surface area contributed by atoms with Crippen LogP contribution in [0.5, 0.6) is 0 Å². The molecule has 0 spiro atoms. The van der Waals surface area contributed by atoms with Gasteiger partial charge in [-0.25, -0.2) is 15.0 Å². The first kappa shape index (κ1) is 11.3. The number of hydrogen-bond donors (Lipinski definition) is 1. The van der Waals surface area contributed by atoms with Crippen molar-refractivity contribution >= 4 is 0 Å². The summed E-state index contributed by atoms with van der Waals surface area (Å²) in [5.41, 5.74) is 5.39. The SMILES string of the molecule is CCc1nc(-c2cccc(C)n2)nc2c1CNC2. The molecule has 3 heterocycles. The second-order valence-corrected chi connectivity index (χ2v) is 4.54. The maximum atomic E-state index is 4.66. The van der Waals surface area contributed by atoms with Gasteiger partial charge in [0.2, 0.25) is 0 Å². The molecule has 2 aromatic heterocycles. The third-order valence-corrected chi connectivity index (χ3v) is 3.22. The number of fused-ring (bicyclic) bond motifs is 1. The number of rotatable bonds is 2. The molecule has 0 fully saturated rings. The van der Waals surface area contributed by atoms with Gasteiger partial charge in [0.1, 0.15) is 5.69 Å². The van der Waals surface area contributed by atoms with E-state index in [0.29, 0.717) is 0 Å². The van der Waals surface area contributed by atoms with Crippen molar-refractivity contribution in [1.82, 2.24) is 20.3 Å². The van der Waals surface area contributed by atoms with E-state index in [0.717, 1.165) is 48.1 Å². The lowest BCUT2D eigenvalue weighted by Crippen LogP contribution is -2.03. The summed E-state index contributed by atoms with van der Waals surface area (Å²) in [5.74, 6) is 0.748. The standard InChI is InChI=1S/C14H16N4/c1-3-11-10-7-15-8-13(10)18-14(17-11)12-6-4-5-9(2)16-12/h4-6,15H,3,7-8H2,1-2H3. The summed E-state index contributed by atoms with van der Waals surface area (Å²) in [6.07, 6.45) is 0.936. The quantitative estimate of drug-likeness (QED) is 0.872. The van der Waals surface area contributed by atoms with E-state index in [1.165, 1.54) is 5.56 Å². The number of hydrogen-bond acceptors (Lipinski definition) is 4. The van der Waals surface area contributed by atoms with Crippen molar-refractivity contribution < 1.29 is 0 Å². The van der Waals surface area contributed by atoms with Crippen LogP contribution in [0.4, 0.5) is 0 Å². The van der Waals surface area contributed by atoms with E-state index in [2.05, 4.69) is 27.2 Å². The molecular weight excluding hydrogens is 224 g/mol. The van der Waals surface area contributed by atoms with Crippen molar-refractivity contribution in [2.75, 3.05) is 0 Å². The first-order valence-corrected chi connectivity index (χ1v) is 6.31. The summed E-state index contributed by atoms with van der Waals surface area (Å²) >= 11 is 0. The van der Waals surface area contributed by atoms with Gasteiger partial charge in [0.25, 0.3) is 0 Å². The van der Waals surface area contributed by atoms with Crippen LogP contribution < -0.4 is 5.32 Å². The van der Waals surface area contributed by atoms with Gasteiger partial charge in [0, 0.05) is 30.0 Å². The largest absolute Gasteiger partial charge is 0.307 e. The highest BCUT2D eigenvalue weighted by atomic mass is 15.0. The molecule has 0 bridgehead atoms. The van der Waals surface area contributed by atoms with Gasteiger partial charge in [-0.1, -0.05) is 13.0 Å². The molecule has 1 aliphatic rings. The van der Waals surface area contributed by atoms with Gasteiger partial charge in [-0.05, 0) is 25.5 Å². The van der Waals surface area contributed by atoms with Crippen LogP contribution in [0.3, 0.4) is 0 Å². The Hall–Kier alpha value is -1.81. The molecule has 0 atom stereocenters. The predicted octanol–water partition coefficient (Wildman–Crippen LogP) is 2.01. The second kappa shape index (κ2) is 4.46. The van der Waals surface area contributed by atoms with E-state index in [9.17, 15) is 0 Å². The third kappa shape index (κ3) is 1.88. The molecule has 0 aliphatic carbocycles. The molecule has 1 N–H and O–H groups in total. The van der Waals surface area contributed by atoms with Gasteiger partial charge >= 0.3 is 0 Å². The van der Waals surface area contributed by atoms with Gasteiger partial charge < -0.3 is 5.32 Å². The maximum Gasteiger partial charge on any atom is 0.178 e. The number of aryl methyl sites for hydroxylation is 2. The second-order valence-electron chi connectivity index (χ2n) is 4.54. The summed E-state index contributed by atoms with van der Waals surface area (Å²) in [7, 11) is 0. The van der Waals surface area contributed by atoms with E-state index in [-0.39, 0.29) is 0 Å². The van der Waals surface area contributed by atoms with E-state index >= 15 is 0 Å². The fourth-order valence-corrected chi connectivity index (χ4v) is 2.31. The molecule has 0 saturated carbocycles. The Labute approximate surface area is 107 Å². The molecule has 0 amide bonds. The Morgan fingerprint density at radius 1 is 1.17 bits per heavy atom. The van der Waals surface area contributed by atoms with Gasteiger partial charge in [-0.3, -0.25) is 0 Å². The Balaban J connectivity index is 2.13. The molecule has 0 aromatic carbocycles. The van der Waals surface area contributed by atoms with Crippen LogP contribution in [-0.4, -0.2) is 15.0 Å². The van der Waals surface area contributed by atoms with Crippen molar-refractivity contribution in [3.8, 4) is 11.5 Å². The third-order valence-electron chi connectivity index (χ3n) is 3.22. The van der Waals surface area contributed by atoms with E-state index in [4.69, 9.17) is 0 Å². The van der Waals surface area contributed by atoms with Crippen molar-refractivity contribution in [3.63, 3.8) is 0 Å².